The zero-order chi connectivity index (χ0) is 40.2. The Balaban J connectivity index is 0. The van der Waals surface area contributed by atoms with Gasteiger partial charge in [-0.2, -0.15) is 8.42 Å². The second-order valence-corrected chi connectivity index (χ2v) is 16.4. The minimum absolute atomic E-state index is 0. The van der Waals surface area contributed by atoms with E-state index >= 15 is 0 Å². The molecule has 0 aliphatic carbocycles. The van der Waals surface area contributed by atoms with Crippen LogP contribution >= 0.6 is 10.7 Å². The Morgan fingerprint density at radius 3 is 1.43 bits per heavy atom. The normalized spacial score (nSPS) is 19.7. The molecule has 4 aliphatic heterocycles. The molecule has 0 aromatic heterocycles. The third-order valence-electron chi connectivity index (χ3n) is 8.02. The molecule has 312 valence electrons. The maximum atomic E-state index is 11.8. The maximum absolute atomic E-state index is 11.8. The monoisotopic (exact) mass is 857 g/mol. The molecular weight excluding hydrogens is 801 g/mol. The Hall–Kier alpha value is -2.03. The van der Waals surface area contributed by atoms with Crippen LogP contribution in [0.1, 0.15) is 69.9 Å². The first-order valence-electron chi connectivity index (χ1n) is 17.5. The SMILES string of the molecule is C.Cc1ccc(S(=O)(=O)Cl)cc1.Cc1ccc(S(=O)(=O)OCC[C@H]2CCO2)cc1.NCC[C@H]1CCO1.OCC[C@H]1CCO1.[N-]=[N+]=NCC[C@H]1CCO1.[N-]=[N+]=[N-].[Na+]. The van der Waals surface area contributed by atoms with Crippen molar-refractivity contribution in [1.29, 1.82) is 0 Å². The average molecular weight is 858 g/mol. The molecule has 3 N–H and O–H groups in total. The summed E-state index contributed by atoms with van der Waals surface area (Å²) in [5.41, 5.74) is 28.7. The van der Waals surface area contributed by atoms with Gasteiger partial charge in [-0.05, 0) is 102 Å². The molecule has 17 nitrogen and oxygen atoms in total. The summed E-state index contributed by atoms with van der Waals surface area (Å²) in [5.74, 6) is 0. The van der Waals surface area contributed by atoms with Gasteiger partial charge < -0.3 is 40.8 Å². The van der Waals surface area contributed by atoms with E-state index in [-0.39, 0.29) is 66.1 Å². The van der Waals surface area contributed by atoms with Gasteiger partial charge in [-0.1, -0.05) is 47.9 Å². The first kappa shape index (κ1) is 56.1. The van der Waals surface area contributed by atoms with E-state index in [1.165, 1.54) is 23.5 Å². The fourth-order valence-corrected chi connectivity index (χ4v) is 6.08. The topological polar surface area (TPSA) is 268 Å². The largest absolute Gasteiger partial charge is 1.00 e. The van der Waals surface area contributed by atoms with Crippen LogP contribution in [-0.4, -0.2) is 99.1 Å². The number of ether oxygens (including phenoxy) is 4. The standard InChI is InChI=1S/C12H16O4S.C7H7ClO2S.C5H9N3O.C5H11NO.C5H10O2.CH4.N3.Na/c1-10-2-4-12(5-3-10)17(13,14)16-9-7-11-6-8-15-11;1-6-2-4-7(5-3-6)11(8,9)10;6-8-7-3-1-5-2-4-9-5;2*6-3-1-5-2-4-7-5;;1-3-2;/h2-5,11H,6-9H2,1H3;2-5H,1H3;5H,1-4H2;5H,1-4,6H2;5-6H,1-4H2;1H4;;/q;;;;;;-1;+1/t11-;;3*5-;;;/m1.000.../s1. The van der Waals surface area contributed by atoms with E-state index in [0.717, 1.165) is 82.6 Å². The number of benzene rings is 2. The zero-order valence-corrected chi connectivity index (χ0v) is 36.2. The number of hydrogen-bond acceptors (Lipinski definition) is 12. The Kier molecular flexibility index (Phi) is 32.9. The van der Waals surface area contributed by atoms with Crippen LogP contribution in [-0.2, 0) is 42.3 Å². The van der Waals surface area contributed by atoms with Crippen molar-refractivity contribution in [3.63, 3.8) is 0 Å². The first-order chi connectivity index (χ1) is 25.8. The van der Waals surface area contributed by atoms with Crippen LogP contribution in [0.5, 0.6) is 0 Å². The number of nitrogens with two attached hydrogens (primary N) is 1. The van der Waals surface area contributed by atoms with Crippen LogP contribution in [0.15, 0.2) is 63.4 Å². The molecule has 0 spiro atoms. The van der Waals surface area contributed by atoms with Crippen LogP contribution < -0.4 is 35.3 Å². The van der Waals surface area contributed by atoms with Gasteiger partial charge in [0.25, 0.3) is 19.2 Å². The van der Waals surface area contributed by atoms with Gasteiger partial charge in [-0.25, -0.2) is 8.42 Å². The summed E-state index contributed by atoms with van der Waals surface area (Å²) < 4.78 is 70.3. The number of aliphatic hydroxyl groups excluding tert-OH is 1. The van der Waals surface area contributed by atoms with Crippen molar-refractivity contribution >= 4 is 29.9 Å². The van der Waals surface area contributed by atoms with Crippen LogP contribution in [0.2, 0.25) is 0 Å². The van der Waals surface area contributed by atoms with Crippen molar-refractivity contribution in [3.05, 3.63) is 86.1 Å². The van der Waals surface area contributed by atoms with Gasteiger partial charge in [0.15, 0.2) is 0 Å². The van der Waals surface area contributed by atoms with E-state index in [1.807, 2.05) is 13.8 Å². The predicted molar refractivity (Wildman–Crippen MR) is 211 cm³/mol. The molecular formula is C35H57ClN7NaO10S2. The third kappa shape index (κ3) is 26.1. The molecule has 56 heavy (non-hydrogen) atoms. The smallest absolute Gasteiger partial charge is 0.396 e. The summed E-state index contributed by atoms with van der Waals surface area (Å²) in [4.78, 5) is 4.48. The molecule has 4 heterocycles. The Morgan fingerprint density at radius 1 is 0.750 bits per heavy atom. The van der Waals surface area contributed by atoms with E-state index in [4.69, 9.17) is 61.2 Å². The van der Waals surface area contributed by atoms with Crippen molar-refractivity contribution in [2.75, 3.05) is 52.7 Å². The number of halogens is 1. The van der Waals surface area contributed by atoms with E-state index in [1.54, 1.807) is 36.4 Å². The van der Waals surface area contributed by atoms with Gasteiger partial charge in [-0.3, -0.25) is 9.09 Å². The molecule has 0 bridgehead atoms. The van der Waals surface area contributed by atoms with Crippen molar-refractivity contribution < 1.29 is 74.6 Å². The molecule has 2 aromatic rings. The molecule has 4 saturated heterocycles. The van der Waals surface area contributed by atoms with Crippen molar-refractivity contribution in [2.24, 2.45) is 10.8 Å². The number of azide groups is 1. The van der Waals surface area contributed by atoms with Crippen molar-refractivity contribution in [2.45, 2.75) is 107 Å². The molecule has 6 rings (SSSR count). The van der Waals surface area contributed by atoms with E-state index in [0.29, 0.717) is 31.3 Å². The molecule has 4 atom stereocenters. The Bertz CT molecular complexity index is 1590. The van der Waals surface area contributed by atoms with Crippen LogP contribution in [0.25, 0.3) is 26.4 Å². The zero-order valence-electron chi connectivity index (χ0n) is 31.8. The second kappa shape index (κ2) is 32.9. The maximum Gasteiger partial charge on any atom is 1.00 e. The summed E-state index contributed by atoms with van der Waals surface area (Å²) >= 11 is 0. The Morgan fingerprint density at radius 2 is 1.12 bits per heavy atom. The van der Waals surface area contributed by atoms with Crippen LogP contribution in [0.3, 0.4) is 0 Å². The third-order valence-corrected chi connectivity index (χ3v) is 10.7. The van der Waals surface area contributed by atoms with Gasteiger partial charge in [0.2, 0.25) is 0 Å². The predicted octanol–water partition coefficient (Wildman–Crippen LogP) is 4.07. The molecule has 0 unspecified atom stereocenters. The summed E-state index contributed by atoms with van der Waals surface area (Å²) in [6, 6.07) is 13.0. The molecule has 0 amide bonds. The van der Waals surface area contributed by atoms with Gasteiger partial charge in [0.05, 0.1) is 40.8 Å². The summed E-state index contributed by atoms with van der Waals surface area (Å²) in [6.45, 7) is 9.07. The molecule has 0 radical (unpaired) electrons. The van der Waals surface area contributed by atoms with E-state index in [9.17, 15) is 16.8 Å². The number of aryl methyl sites for hydroxylation is 2. The fraction of sp³-hybridized carbons (Fsp3) is 0.657. The number of rotatable bonds is 13. The first-order valence-corrected chi connectivity index (χ1v) is 21.2. The molecule has 2 aromatic carbocycles. The quantitative estimate of drug-likeness (QED) is 0.0724. The van der Waals surface area contributed by atoms with Gasteiger partial charge in [0.1, 0.15) is 0 Å². The van der Waals surface area contributed by atoms with Crippen molar-refractivity contribution in [1.82, 2.24) is 0 Å². The number of aliphatic hydroxyl groups is 1. The minimum Gasteiger partial charge on any atom is -0.396 e. The van der Waals surface area contributed by atoms with Crippen LogP contribution in [0.4, 0.5) is 0 Å². The van der Waals surface area contributed by atoms with Crippen LogP contribution in [0, 0.1) is 13.8 Å². The summed E-state index contributed by atoms with van der Waals surface area (Å²) in [7, 11) is -2.08. The van der Waals surface area contributed by atoms with Gasteiger partial charge in [0, 0.05) is 55.2 Å². The summed E-state index contributed by atoms with van der Waals surface area (Å²) in [6.07, 6.45) is 9.27. The van der Waals surface area contributed by atoms with Gasteiger partial charge in [-0.15, -0.1) is 0 Å². The Labute approximate surface area is 358 Å². The fourth-order valence-electron chi connectivity index (χ4n) is 4.39. The number of nitrogens with zero attached hydrogens (tertiary/aromatic N) is 6. The van der Waals surface area contributed by atoms with E-state index < -0.39 is 19.2 Å². The molecule has 4 fully saturated rings. The molecule has 21 heteroatoms. The second-order valence-electron chi connectivity index (χ2n) is 12.2. The number of hydrogen-bond donors (Lipinski definition) is 2. The van der Waals surface area contributed by atoms with E-state index in [2.05, 4.69) is 10.0 Å². The average Bonchev–Trinajstić information content (AvgIpc) is 3.05. The summed E-state index contributed by atoms with van der Waals surface area (Å²) in [5, 5.41) is 11.7. The molecule has 4 aliphatic rings. The minimum atomic E-state index is -3.61. The van der Waals surface area contributed by atoms with Gasteiger partial charge >= 0.3 is 29.6 Å². The molecule has 0 saturated carbocycles. The van der Waals surface area contributed by atoms with Crippen molar-refractivity contribution in [3.8, 4) is 0 Å².